The predicted molar refractivity (Wildman–Crippen MR) is 50.2 cm³/mol. The number of benzene rings is 1. The molecule has 2 aromatic rings. The highest BCUT2D eigenvalue weighted by Gasteiger charge is 2.30. The van der Waals surface area contributed by atoms with Gasteiger partial charge in [-0.15, -0.1) is 13.2 Å². The van der Waals surface area contributed by atoms with E-state index >= 15 is 0 Å². The third-order valence-electron chi connectivity index (χ3n) is 1.81. The van der Waals surface area contributed by atoms with Gasteiger partial charge in [0.05, 0.1) is 5.69 Å². The molecule has 0 atom stereocenters. The second kappa shape index (κ2) is 3.92. The van der Waals surface area contributed by atoms with Gasteiger partial charge in [-0.1, -0.05) is 5.10 Å². The number of halogens is 3. The molecule has 0 amide bonds. The first-order chi connectivity index (χ1) is 7.96. The van der Waals surface area contributed by atoms with E-state index in [-0.39, 0.29) is 11.7 Å². The first-order valence-electron chi connectivity index (χ1n) is 4.36. The zero-order chi connectivity index (χ0) is 12.5. The maximum atomic E-state index is 11.9. The lowest BCUT2D eigenvalue weighted by molar-refractivity contribution is -0.274. The van der Waals surface area contributed by atoms with Crippen molar-refractivity contribution in [2.24, 2.45) is 0 Å². The zero-order valence-electron chi connectivity index (χ0n) is 8.22. The van der Waals surface area contributed by atoms with Crippen molar-refractivity contribution < 1.29 is 17.9 Å². The molecule has 0 unspecified atom stereocenters. The molecule has 1 heterocycles. The van der Waals surface area contributed by atoms with Gasteiger partial charge in [0.25, 0.3) is 0 Å². The van der Waals surface area contributed by atoms with E-state index in [0.29, 0.717) is 5.69 Å². The minimum atomic E-state index is -4.71. The molecule has 2 rings (SSSR count). The van der Waals surface area contributed by atoms with Crippen LogP contribution in [0.2, 0.25) is 0 Å². The summed E-state index contributed by atoms with van der Waals surface area (Å²) in [6, 6.07) is 5.00. The van der Waals surface area contributed by atoms with E-state index in [4.69, 9.17) is 5.73 Å². The van der Waals surface area contributed by atoms with Crippen LogP contribution in [0.3, 0.4) is 0 Å². The molecule has 90 valence electrons. The molecule has 0 saturated heterocycles. The van der Waals surface area contributed by atoms with E-state index in [1.165, 1.54) is 16.8 Å². The van der Waals surface area contributed by atoms with E-state index in [1.54, 1.807) is 0 Å². The lowest BCUT2D eigenvalue weighted by Gasteiger charge is -2.09. The molecular weight excluding hydrogens is 239 g/mol. The highest BCUT2D eigenvalue weighted by molar-refractivity contribution is 5.40. The van der Waals surface area contributed by atoms with E-state index in [0.717, 1.165) is 12.1 Å². The second-order valence-electron chi connectivity index (χ2n) is 2.99. The van der Waals surface area contributed by atoms with Crippen molar-refractivity contribution in [3.63, 3.8) is 0 Å². The lowest BCUT2D eigenvalue weighted by Crippen LogP contribution is -2.17. The Morgan fingerprint density at radius 3 is 2.29 bits per heavy atom. The minimum Gasteiger partial charge on any atom is -0.406 e. The van der Waals surface area contributed by atoms with Crippen LogP contribution in [0.5, 0.6) is 5.75 Å². The molecule has 1 aromatic heterocycles. The van der Waals surface area contributed by atoms with Gasteiger partial charge >= 0.3 is 6.36 Å². The van der Waals surface area contributed by atoms with E-state index in [1.807, 2.05) is 0 Å². The Hall–Kier alpha value is -2.32. The summed E-state index contributed by atoms with van der Waals surface area (Å²) < 4.78 is 40.6. The number of nitrogen functional groups attached to an aromatic ring is 1. The molecular formula is C8H6F3N5O. The van der Waals surface area contributed by atoms with Crippen LogP contribution in [0, 0.1) is 0 Å². The van der Waals surface area contributed by atoms with Gasteiger partial charge in [-0.25, -0.2) is 0 Å². The normalized spacial score (nSPS) is 11.5. The van der Waals surface area contributed by atoms with Gasteiger partial charge in [0.1, 0.15) is 5.75 Å². The Morgan fingerprint density at radius 1 is 1.18 bits per heavy atom. The summed E-state index contributed by atoms with van der Waals surface area (Å²) in [7, 11) is 0. The molecule has 2 N–H and O–H groups in total. The largest absolute Gasteiger partial charge is 0.573 e. The fourth-order valence-electron chi connectivity index (χ4n) is 1.17. The Morgan fingerprint density at radius 2 is 1.82 bits per heavy atom. The highest BCUT2D eigenvalue weighted by atomic mass is 19.4. The van der Waals surface area contributed by atoms with Gasteiger partial charge in [-0.3, -0.25) is 0 Å². The van der Waals surface area contributed by atoms with Gasteiger partial charge < -0.3 is 10.5 Å². The number of nitrogens with zero attached hydrogens (tertiary/aromatic N) is 4. The first-order valence-corrected chi connectivity index (χ1v) is 4.36. The SMILES string of the molecule is Nc1nnnn1-c1ccc(OC(F)(F)F)cc1. The van der Waals surface area contributed by atoms with Crippen molar-refractivity contribution in [3.05, 3.63) is 24.3 Å². The summed E-state index contributed by atoms with van der Waals surface area (Å²) in [6.07, 6.45) is -4.71. The number of tetrazole rings is 1. The number of alkyl halides is 3. The first kappa shape index (κ1) is 11.2. The standard InChI is InChI=1S/C8H6F3N5O/c9-8(10,11)17-6-3-1-5(2-4-6)16-7(12)13-14-15-16/h1-4H,(H2,12,13,15). The van der Waals surface area contributed by atoms with Crippen molar-refractivity contribution in [3.8, 4) is 11.4 Å². The van der Waals surface area contributed by atoms with Crippen molar-refractivity contribution in [2.45, 2.75) is 6.36 Å². The number of nitrogens with two attached hydrogens (primary N) is 1. The average molecular weight is 245 g/mol. The lowest BCUT2D eigenvalue weighted by atomic mass is 10.3. The third kappa shape index (κ3) is 2.62. The molecule has 0 spiro atoms. The number of aromatic nitrogens is 4. The van der Waals surface area contributed by atoms with Gasteiger partial charge in [0, 0.05) is 0 Å². The Kier molecular flexibility index (Phi) is 2.58. The van der Waals surface area contributed by atoms with Gasteiger partial charge in [0.15, 0.2) is 0 Å². The molecule has 0 aliphatic heterocycles. The maximum absolute atomic E-state index is 11.9. The van der Waals surface area contributed by atoms with E-state index < -0.39 is 6.36 Å². The van der Waals surface area contributed by atoms with Crippen molar-refractivity contribution >= 4 is 5.95 Å². The number of ether oxygens (including phenoxy) is 1. The molecule has 0 fully saturated rings. The second-order valence-corrected chi connectivity index (χ2v) is 2.99. The van der Waals surface area contributed by atoms with Gasteiger partial charge in [0.2, 0.25) is 5.95 Å². The molecule has 1 aromatic carbocycles. The van der Waals surface area contributed by atoms with E-state index in [2.05, 4.69) is 20.3 Å². The van der Waals surface area contributed by atoms with Crippen LogP contribution < -0.4 is 10.5 Å². The van der Waals surface area contributed by atoms with E-state index in [9.17, 15) is 13.2 Å². The van der Waals surface area contributed by atoms with Crippen molar-refractivity contribution in [2.75, 3.05) is 5.73 Å². The smallest absolute Gasteiger partial charge is 0.406 e. The fourth-order valence-corrected chi connectivity index (χ4v) is 1.17. The van der Waals surface area contributed by atoms with Crippen LogP contribution >= 0.6 is 0 Å². The Bertz CT molecular complexity index is 507. The Balaban J connectivity index is 2.22. The Labute approximate surface area is 92.8 Å². The van der Waals surface area contributed by atoms with Crippen LogP contribution in [0.15, 0.2) is 24.3 Å². The molecule has 6 nitrogen and oxygen atoms in total. The minimum absolute atomic E-state index is 0.0366. The van der Waals surface area contributed by atoms with Crippen LogP contribution in [0.25, 0.3) is 5.69 Å². The average Bonchev–Trinajstić information content (AvgIpc) is 2.63. The fraction of sp³-hybridized carbons (Fsp3) is 0.125. The van der Waals surface area contributed by atoms with Crippen LogP contribution in [-0.2, 0) is 0 Å². The monoisotopic (exact) mass is 245 g/mol. The summed E-state index contributed by atoms with van der Waals surface area (Å²) in [6.45, 7) is 0. The molecule has 0 saturated carbocycles. The number of hydrogen-bond donors (Lipinski definition) is 1. The van der Waals surface area contributed by atoms with Gasteiger partial charge in [-0.2, -0.15) is 4.68 Å². The van der Waals surface area contributed by atoms with Crippen LogP contribution in [-0.4, -0.2) is 26.6 Å². The number of rotatable bonds is 2. The van der Waals surface area contributed by atoms with Gasteiger partial charge in [-0.05, 0) is 34.7 Å². The van der Waals surface area contributed by atoms with Crippen molar-refractivity contribution in [1.29, 1.82) is 0 Å². The molecule has 0 bridgehead atoms. The molecule has 0 aliphatic carbocycles. The molecule has 17 heavy (non-hydrogen) atoms. The maximum Gasteiger partial charge on any atom is 0.573 e. The van der Waals surface area contributed by atoms with Crippen LogP contribution in [0.4, 0.5) is 19.1 Å². The number of anilines is 1. The highest BCUT2D eigenvalue weighted by Crippen LogP contribution is 2.23. The quantitative estimate of drug-likeness (QED) is 0.858. The third-order valence-corrected chi connectivity index (χ3v) is 1.81. The van der Waals surface area contributed by atoms with Crippen molar-refractivity contribution in [1.82, 2.24) is 20.2 Å². The topological polar surface area (TPSA) is 78.9 Å². The summed E-state index contributed by atoms with van der Waals surface area (Å²) in [5.41, 5.74) is 5.86. The summed E-state index contributed by atoms with van der Waals surface area (Å²) in [5.74, 6) is -0.289. The summed E-state index contributed by atoms with van der Waals surface area (Å²) >= 11 is 0. The zero-order valence-corrected chi connectivity index (χ0v) is 8.22. The summed E-state index contributed by atoms with van der Waals surface area (Å²) in [4.78, 5) is 0. The predicted octanol–water partition coefficient (Wildman–Crippen LogP) is 1.14. The number of hydrogen-bond acceptors (Lipinski definition) is 5. The molecule has 0 radical (unpaired) electrons. The molecule has 0 aliphatic rings. The summed E-state index contributed by atoms with van der Waals surface area (Å²) in [5, 5.41) is 10.3. The molecule has 9 heteroatoms. The van der Waals surface area contributed by atoms with Crippen LogP contribution in [0.1, 0.15) is 0 Å².